The standard InChI is InChI=1S/C18H14BrN5O/c19-14-6-4-13(5-7-14)11-24-17(8-9-20-24)22-18(25)15-12-23-10-2-1-3-16(23)21-15/h1-10,12H,11H2,(H,22,25). The van der Waals surface area contributed by atoms with Crippen LogP contribution in [0.25, 0.3) is 5.65 Å². The zero-order chi connectivity index (χ0) is 17.2. The van der Waals surface area contributed by atoms with E-state index < -0.39 is 0 Å². The molecule has 25 heavy (non-hydrogen) atoms. The molecule has 3 heterocycles. The van der Waals surface area contributed by atoms with Crippen molar-refractivity contribution >= 4 is 33.3 Å². The van der Waals surface area contributed by atoms with Crippen LogP contribution in [0.2, 0.25) is 0 Å². The minimum atomic E-state index is -0.263. The number of amides is 1. The highest BCUT2D eigenvalue weighted by atomic mass is 79.9. The molecule has 0 fully saturated rings. The van der Waals surface area contributed by atoms with E-state index in [1.807, 2.05) is 53.1 Å². The lowest BCUT2D eigenvalue weighted by Gasteiger charge is -2.08. The van der Waals surface area contributed by atoms with Crippen molar-refractivity contribution in [3.05, 3.63) is 82.9 Å². The van der Waals surface area contributed by atoms with Gasteiger partial charge >= 0.3 is 0 Å². The third-order valence-electron chi connectivity index (χ3n) is 3.80. The molecular weight excluding hydrogens is 382 g/mol. The van der Waals surface area contributed by atoms with Crippen LogP contribution in [0, 0.1) is 0 Å². The van der Waals surface area contributed by atoms with Crippen molar-refractivity contribution in [3.63, 3.8) is 0 Å². The third kappa shape index (κ3) is 3.32. The van der Waals surface area contributed by atoms with E-state index in [0.717, 1.165) is 15.7 Å². The van der Waals surface area contributed by atoms with Crippen LogP contribution in [-0.4, -0.2) is 25.1 Å². The van der Waals surface area contributed by atoms with Crippen LogP contribution in [0.4, 0.5) is 5.82 Å². The molecule has 0 aliphatic rings. The van der Waals surface area contributed by atoms with Crippen LogP contribution in [0.1, 0.15) is 16.1 Å². The second-order valence-corrected chi connectivity index (χ2v) is 6.46. The Morgan fingerprint density at radius 3 is 2.76 bits per heavy atom. The number of fused-ring (bicyclic) bond motifs is 1. The first-order valence-electron chi connectivity index (χ1n) is 7.70. The van der Waals surface area contributed by atoms with Gasteiger partial charge < -0.3 is 9.72 Å². The molecule has 0 saturated carbocycles. The van der Waals surface area contributed by atoms with Gasteiger partial charge in [0.2, 0.25) is 0 Å². The first-order chi connectivity index (χ1) is 12.2. The first kappa shape index (κ1) is 15.6. The predicted molar refractivity (Wildman–Crippen MR) is 98.6 cm³/mol. The summed E-state index contributed by atoms with van der Waals surface area (Å²) in [7, 11) is 0. The minimum absolute atomic E-state index is 0.263. The summed E-state index contributed by atoms with van der Waals surface area (Å²) in [4.78, 5) is 16.8. The maximum absolute atomic E-state index is 12.5. The fraction of sp³-hybridized carbons (Fsp3) is 0.0556. The van der Waals surface area contributed by atoms with Crippen molar-refractivity contribution in [1.29, 1.82) is 0 Å². The molecule has 6 nitrogen and oxygen atoms in total. The van der Waals surface area contributed by atoms with Crippen LogP contribution in [0.15, 0.2) is 71.6 Å². The van der Waals surface area contributed by atoms with E-state index in [0.29, 0.717) is 18.1 Å². The molecule has 1 N–H and O–H groups in total. The maximum Gasteiger partial charge on any atom is 0.277 e. The van der Waals surface area contributed by atoms with Crippen molar-refractivity contribution in [3.8, 4) is 0 Å². The average Bonchev–Trinajstić information content (AvgIpc) is 3.24. The number of nitrogens with one attached hydrogen (secondary N) is 1. The fourth-order valence-corrected chi connectivity index (χ4v) is 2.82. The summed E-state index contributed by atoms with van der Waals surface area (Å²) in [5, 5.41) is 7.16. The number of carbonyl (C=O) groups is 1. The maximum atomic E-state index is 12.5. The van der Waals surface area contributed by atoms with Crippen molar-refractivity contribution in [2.75, 3.05) is 5.32 Å². The van der Waals surface area contributed by atoms with Gasteiger partial charge in [0.1, 0.15) is 17.2 Å². The summed E-state index contributed by atoms with van der Waals surface area (Å²) in [5.74, 6) is 0.367. The molecule has 0 saturated heterocycles. The van der Waals surface area contributed by atoms with Crippen molar-refractivity contribution < 1.29 is 4.79 Å². The molecule has 0 aliphatic carbocycles. The molecule has 7 heteroatoms. The Hall–Kier alpha value is -2.93. The summed E-state index contributed by atoms with van der Waals surface area (Å²) in [5.41, 5.74) is 2.19. The smallest absolute Gasteiger partial charge is 0.277 e. The largest absolute Gasteiger partial charge is 0.306 e. The summed E-state index contributed by atoms with van der Waals surface area (Å²) in [6.07, 6.45) is 5.23. The highest BCUT2D eigenvalue weighted by molar-refractivity contribution is 9.10. The zero-order valence-corrected chi connectivity index (χ0v) is 14.7. The number of carbonyl (C=O) groups excluding carboxylic acids is 1. The number of anilines is 1. The molecule has 0 radical (unpaired) electrons. The monoisotopic (exact) mass is 395 g/mol. The Kier molecular flexibility index (Phi) is 4.07. The molecule has 4 aromatic rings. The van der Waals surface area contributed by atoms with Crippen LogP contribution < -0.4 is 5.32 Å². The van der Waals surface area contributed by atoms with Gasteiger partial charge in [-0.1, -0.05) is 34.1 Å². The molecule has 0 bridgehead atoms. The molecular formula is C18H14BrN5O. The van der Waals surface area contributed by atoms with E-state index in [2.05, 4.69) is 31.3 Å². The number of benzene rings is 1. The Bertz CT molecular complexity index is 1000. The lowest BCUT2D eigenvalue weighted by molar-refractivity contribution is 0.102. The molecule has 0 aliphatic heterocycles. The number of hydrogen-bond donors (Lipinski definition) is 1. The van der Waals surface area contributed by atoms with Gasteiger partial charge in [0.05, 0.1) is 12.7 Å². The Balaban J connectivity index is 1.53. The van der Waals surface area contributed by atoms with E-state index in [1.165, 1.54) is 0 Å². The second kappa shape index (κ2) is 6.52. The van der Waals surface area contributed by atoms with Gasteiger partial charge in [-0.25, -0.2) is 9.67 Å². The average molecular weight is 396 g/mol. The minimum Gasteiger partial charge on any atom is -0.306 e. The molecule has 4 rings (SSSR count). The number of hydrogen-bond acceptors (Lipinski definition) is 3. The van der Waals surface area contributed by atoms with Crippen LogP contribution in [0.5, 0.6) is 0 Å². The Labute approximate surface area is 152 Å². The van der Waals surface area contributed by atoms with Gasteiger partial charge in [-0.15, -0.1) is 0 Å². The van der Waals surface area contributed by atoms with E-state index in [4.69, 9.17) is 0 Å². The molecule has 0 atom stereocenters. The lowest BCUT2D eigenvalue weighted by atomic mass is 10.2. The first-order valence-corrected chi connectivity index (χ1v) is 8.50. The van der Waals surface area contributed by atoms with Gasteiger partial charge in [0.25, 0.3) is 5.91 Å². The molecule has 1 aromatic carbocycles. The van der Waals surface area contributed by atoms with Gasteiger partial charge in [-0.2, -0.15) is 5.10 Å². The summed E-state index contributed by atoms with van der Waals surface area (Å²) >= 11 is 3.42. The SMILES string of the molecule is O=C(Nc1ccnn1Cc1ccc(Br)cc1)c1cn2ccccc2n1. The number of imidazole rings is 1. The van der Waals surface area contributed by atoms with Crippen molar-refractivity contribution in [2.24, 2.45) is 0 Å². The van der Waals surface area contributed by atoms with Crippen LogP contribution in [-0.2, 0) is 6.54 Å². The summed E-state index contributed by atoms with van der Waals surface area (Å²) in [6.45, 7) is 0.570. The van der Waals surface area contributed by atoms with Gasteiger partial charge in [-0.05, 0) is 29.8 Å². The van der Waals surface area contributed by atoms with E-state index >= 15 is 0 Å². The third-order valence-corrected chi connectivity index (χ3v) is 4.33. The summed E-state index contributed by atoms with van der Waals surface area (Å²) < 4.78 is 4.59. The highest BCUT2D eigenvalue weighted by Crippen LogP contribution is 2.15. The Morgan fingerprint density at radius 1 is 1.12 bits per heavy atom. The topological polar surface area (TPSA) is 64.2 Å². The molecule has 1 amide bonds. The normalized spacial score (nSPS) is 10.9. The van der Waals surface area contributed by atoms with Gasteiger partial charge in [-0.3, -0.25) is 4.79 Å². The number of halogens is 1. The van der Waals surface area contributed by atoms with Crippen LogP contribution in [0.3, 0.4) is 0 Å². The number of nitrogens with zero attached hydrogens (tertiary/aromatic N) is 4. The lowest BCUT2D eigenvalue weighted by Crippen LogP contribution is -2.16. The van der Waals surface area contributed by atoms with Crippen LogP contribution >= 0.6 is 15.9 Å². The van der Waals surface area contributed by atoms with Crippen molar-refractivity contribution in [2.45, 2.75) is 6.54 Å². The van der Waals surface area contributed by atoms with Gasteiger partial charge in [0.15, 0.2) is 0 Å². The number of pyridine rings is 1. The number of rotatable bonds is 4. The van der Waals surface area contributed by atoms with Gasteiger partial charge in [0, 0.05) is 22.9 Å². The van der Waals surface area contributed by atoms with E-state index in [1.54, 1.807) is 23.1 Å². The number of aromatic nitrogens is 4. The molecule has 3 aromatic heterocycles. The van der Waals surface area contributed by atoms with E-state index in [9.17, 15) is 4.79 Å². The molecule has 0 unspecified atom stereocenters. The predicted octanol–water partition coefficient (Wildman–Crippen LogP) is 3.59. The molecule has 124 valence electrons. The second-order valence-electron chi connectivity index (χ2n) is 5.55. The fourth-order valence-electron chi connectivity index (χ4n) is 2.55. The molecule has 0 spiro atoms. The van der Waals surface area contributed by atoms with E-state index in [-0.39, 0.29) is 5.91 Å². The highest BCUT2D eigenvalue weighted by Gasteiger charge is 2.13. The zero-order valence-electron chi connectivity index (χ0n) is 13.1. The quantitative estimate of drug-likeness (QED) is 0.574. The van der Waals surface area contributed by atoms with Crippen molar-refractivity contribution in [1.82, 2.24) is 19.2 Å². The Morgan fingerprint density at radius 2 is 1.96 bits per heavy atom. The summed E-state index contributed by atoms with van der Waals surface area (Å²) in [6, 6.07) is 15.4.